The number of nitrogens with zero attached hydrogens (tertiary/aromatic N) is 3. The first-order chi connectivity index (χ1) is 16.5. The highest BCUT2D eigenvalue weighted by Gasteiger charge is 2.74. The van der Waals surface area contributed by atoms with E-state index in [1.165, 1.54) is 6.07 Å². The van der Waals surface area contributed by atoms with Crippen LogP contribution < -0.4 is 15.8 Å². The largest absolute Gasteiger partial charge is 0.424 e. The summed E-state index contributed by atoms with van der Waals surface area (Å²) < 4.78 is 80.8. The molecule has 11 nitrogen and oxygen atoms in total. The molecule has 4 heterocycles. The predicted molar refractivity (Wildman–Crippen MR) is 114 cm³/mol. The zero-order valence-corrected chi connectivity index (χ0v) is 19.0. The van der Waals surface area contributed by atoms with Crippen molar-refractivity contribution in [1.29, 1.82) is 0 Å². The summed E-state index contributed by atoms with van der Waals surface area (Å²) in [5, 5.41) is 10.4. The van der Waals surface area contributed by atoms with Crippen LogP contribution in [0.4, 0.5) is 23.5 Å². The topological polar surface area (TPSA) is 147 Å². The van der Waals surface area contributed by atoms with E-state index in [4.69, 9.17) is 35.8 Å². The standard InChI is InChI=1S/C18H16F4N5O6PS/c19-15(20)17(6-31-34(35)30-5-8-3-1-2-4-9(8)33-34)18(21,22)11(28)14(32-17)27-7-24-10-12(27)25-16(23)26-13(10)29/h1-4,7,11,14-15,28H,5-6H2,(H3,23,25,26,29). The van der Waals surface area contributed by atoms with Gasteiger partial charge in [-0.2, -0.15) is 13.8 Å². The number of fused-ring (bicyclic) bond motifs is 2. The summed E-state index contributed by atoms with van der Waals surface area (Å²) in [5.74, 6) is -4.68. The van der Waals surface area contributed by atoms with Crippen molar-refractivity contribution in [3.05, 3.63) is 46.5 Å². The van der Waals surface area contributed by atoms with Gasteiger partial charge in [-0.25, -0.2) is 13.8 Å². The Labute approximate surface area is 198 Å². The molecule has 1 fully saturated rings. The number of nitrogens with two attached hydrogens (primary N) is 1. The van der Waals surface area contributed by atoms with Crippen LogP contribution in [-0.4, -0.2) is 55.3 Å². The fourth-order valence-electron chi connectivity index (χ4n) is 3.76. The van der Waals surface area contributed by atoms with Crippen molar-refractivity contribution in [2.45, 2.75) is 36.9 Å². The molecule has 1 aromatic carbocycles. The lowest BCUT2D eigenvalue weighted by molar-refractivity contribution is -0.242. The number of alkyl halides is 4. The number of nitrogen functional groups attached to an aromatic ring is 1. The maximum Gasteiger partial charge on any atom is 0.381 e. The van der Waals surface area contributed by atoms with Crippen molar-refractivity contribution < 1.29 is 41.0 Å². The molecule has 0 aliphatic carbocycles. The summed E-state index contributed by atoms with van der Waals surface area (Å²) in [6, 6.07) is 6.54. The van der Waals surface area contributed by atoms with E-state index in [1.54, 1.807) is 18.2 Å². The number of aliphatic hydroxyl groups excluding tert-OH is 1. The van der Waals surface area contributed by atoms with Gasteiger partial charge in [0.05, 0.1) is 19.5 Å². The van der Waals surface area contributed by atoms with E-state index in [2.05, 4.69) is 15.0 Å². The Bertz CT molecular complexity index is 1410. The second-order valence-electron chi connectivity index (χ2n) is 7.73. The Kier molecular flexibility index (Phi) is 5.65. The minimum atomic E-state index is -4.56. The molecule has 188 valence electrons. The molecule has 0 amide bonds. The number of rotatable bonds is 5. The number of anilines is 1. The van der Waals surface area contributed by atoms with Crippen molar-refractivity contribution in [3.63, 3.8) is 0 Å². The number of benzene rings is 1. The summed E-state index contributed by atoms with van der Waals surface area (Å²) in [4.78, 5) is 21.7. The van der Waals surface area contributed by atoms with E-state index in [1.807, 2.05) is 0 Å². The third-order valence-corrected chi connectivity index (χ3v) is 7.78. The number of aromatic nitrogens is 4. The third-order valence-electron chi connectivity index (χ3n) is 5.61. The smallest absolute Gasteiger partial charge is 0.381 e. The van der Waals surface area contributed by atoms with Gasteiger partial charge in [0.25, 0.3) is 12.0 Å². The minimum Gasteiger partial charge on any atom is -0.424 e. The molecule has 4 atom stereocenters. The molecule has 0 radical (unpaired) electrons. The molecule has 35 heavy (non-hydrogen) atoms. The van der Waals surface area contributed by atoms with Crippen LogP contribution in [0.3, 0.4) is 0 Å². The highest BCUT2D eigenvalue weighted by Crippen LogP contribution is 2.58. The molecule has 0 spiro atoms. The lowest BCUT2D eigenvalue weighted by Crippen LogP contribution is -2.57. The number of hydrogen-bond donors (Lipinski definition) is 3. The van der Waals surface area contributed by atoms with Crippen molar-refractivity contribution in [3.8, 4) is 5.75 Å². The van der Waals surface area contributed by atoms with E-state index >= 15 is 8.78 Å². The van der Waals surface area contributed by atoms with E-state index in [0.29, 0.717) is 10.1 Å². The first kappa shape index (κ1) is 24.1. The Hall–Kier alpha value is -2.62. The molecule has 1 saturated heterocycles. The fourth-order valence-corrected chi connectivity index (χ4v) is 5.57. The molecule has 5 rings (SSSR count). The second kappa shape index (κ2) is 8.21. The van der Waals surface area contributed by atoms with Gasteiger partial charge in [0.1, 0.15) is 5.75 Å². The monoisotopic (exact) mass is 537 g/mol. The summed E-state index contributed by atoms with van der Waals surface area (Å²) in [6.45, 7) is -5.34. The average Bonchev–Trinajstić information content (AvgIpc) is 3.30. The van der Waals surface area contributed by atoms with E-state index in [-0.39, 0.29) is 23.5 Å². The first-order valence-corrected chi connectivity index (χ1v) is 12.4. The van der Waals surface area contributed by atoms with Gasteiger partial charge in [-0.1, -0.05) is 18.2 Å². The number of aromatic amines is 1. The van der Waals surface area contributed by atoms with Crippen LogP contribution in [0.5, 0.6) is 5.75 Å². The van der Waals surface area contributed by atoms with E-state index in [9.17, 15) is 18.7 Å². The Morgan fingerprint density at radius 3 is 2.89 bits per heavy atom. The van der Waals surface area contributed by atoms with Crippen LogP contribution in [-0.2, 0) is 32.2 Å². The minimum absolute atomic E-state index is 0.0830. The number of halogens is 4. The number of hydrogen-bond acceptors (Lipinski definition) is 10. The van der Waals surface area contributed by atoms with Gasteiger partial charge in [-0.3, -0.25) is 23.4 Å². The van der Waals surface area contributed by atoms with Gasteiger partial charge >= 0.3 is 12.6 Å². The molecule has 4 unspecified atom stereocenters. The maximum atomic E-state index is 15.2. The Morgan fingerprint density at radius 1 is 1.40 bits per heavy atom. The summed E-state index contributed by atoms with van der Waals surface area (Å²) in [6.07, 6.45) is -7.96. The summed E-state index contributed by atoms with van der Waals surface area (Å²) in [5.41, 5.74) is 0.932. The SMILES string of the molecule is Nc1nc2c(ncn2C2OC(COP3(=S)OCc4ccccc4O3)(C(F)F)C(F)(F)C2O)c(=O)[nH]1. The summed E-state index contributed by atoms with van der Waals surface area (Å²) >= 11 is 5.17. The molecular weight excluding hydrogens is 521 g/mol. The molecule has 0 saturated carbocycles. The number of ether oxygens (including phenoxy) is 1. The third kappa shape index (κ3) is 3.72. The van der Waals surface area contributed by atoms with Gasteiger partial charge in [-0.15, -0.1) is 0 Å². The molecule has 17 heteroatoms. The van der Waals surface area contributed by atoms with Crippen LogP contribution in [0.15, 0.2) is 35.4 Å². The second-order valence-corrected chi connectivity index (χ2v) is 10.7. The van der Waals surface area contributed by atoms with Crippen LogP contribution in [0.2, 0.25) is 0 Å². The van der Waals surface area contributed by atoms with Gasteiger partial charge in [0.2, 0.25) is 11.5 Å². The number of H-pyrrole nitrogens is 1. The van der Waals surface area contributed by atoms with Crippen molar-refractivity contribution in [2.24, 2.45) is 0 Å². The summed E-state index contributed by atoms with van der Waals surface area (Å²) in [7, 11) is 0. The van der Waals surface area contributed by atoms with Crippen molar-refractivity contribution in [2.75, 3.05) is 12.3 Å². The fraction of sp³-hybridized carbons (Fsp3) is 0.389. The molecule has 2 aromatic heterocycles. The normalized spacial score (nSPS) is 29.9. The highest BCUT2D eigenvalue weighted by atomic mass is 32.5. The van der Waals surface area contributed by atoms with Gasteiger partial charge in [-0.05, 0) is 6.07 Å². The molecule has 3 aromatic rings. The number of imidazole rings is 1. The number of aliphatic hydroxyl groups is 1. The average molecular weight is 537 g/mol. The lowest BCUT2D eigenvalue weighted by atomic mass is 9.95. The van der Waals surface area contributed by atoms with Gasteiger partial charge < -0.3 is 20.1 Å². The van der Waals surface area contributed by atoms with Crippen LogP contribution in [0.1, 0.15) is 11.8 Å². The van der Waals surface area contributed by atoms with Crippen LogP contribution in [0, 0.1) is 0 Å². The zero-order chi connectivity index (χ0) is 25.2. The molecule has 2 aliphatic rings. The molecule has 4 N–H and O–H groups in total. The van der Waals surface area contributed by atoms with Crippen molar-refractivity contribution >= 4 is 35.6 Å². The maximum absolute atomic E-state index is 15.2. The van der Waals surface area contributed by atoms with Gasteiger partial charge in [0.15, 0.2) is 23.5 Å². The van der Waals surface area contributed by atoms with E-state index < -0.39 is 55.1 Å². The first-order valence-electron chi connectivity index (χ1n) is 9.88. The van der Waals surface area contributed by atoms with Crippen molar-refractivity contribution in [1.82, 2.24) is 19.5 Å². The quantitative estimate of drug-likeness (QED) is 0.327. The van der Waals surface area contributed by atoms with Crippen LogP contribution in [0.25, 0.3) is 11.2 Å². The number of para-hydroxylation sites is 1. The molecular formula is C18H16F4N5O6PS. The number of nitrogens with one attached hydrogen (secondary N) is 1. The van der Waals surface area contributed by atoms with Gasteiger partial charge in [0, 0.05) is 17.4 Å². The highest BCUT2D eigenvalue weighted by molar-refractivity contribution is 8.07. The Morgan fingerprint density at radius 2 is 2.14 bits per heavy atom. The Balaban J connectivity index is 1.48. The molecule has 0 bridgehead atoms. The van der Waals surface area contributed by atoms with E-state index in [0.717, 1.165) is 6.33 Å². The van der Waals surface area contributed by atoms with Crippen LogP contribution >= 0.6 is 6.72 Å². The lowest BCUT2D eigenvalue weighted by Gasteiger charge is -2.35. The predicted octanol–water partition coefficient (Wildman–Crippen LogP) is 2.08. The zero-order valence-electron chi connectivity index (χ0n) is 17.3. The molecule has 2 aliphatic heterocycles.